The second-order valence-electron chi connectivity index (χ2n) is 4.67. The molecule has 0 aliphatic heterocycles. The summed E-state index contributed by atoms with van der Waals surface area (Å²) >= 11 is 0. The van der Waals surface area contributed by atoms with E-state index in [4.69, 9.17) is 5.73 Å². The number of nitrogens with two attached hydrogens (primary N) is 1. The summed E-state index contributed by atoms with van der Waals surface area (Å²) < 4.78 is 38.3. The van der Waals surface area contributed by atoms with Crippen molar-refractivity contribution in [2.45, 2.75) is 31.6 Å². The van der Waals surface area contributed by atoms with Crippen LogP contribution in [0.2, 0.25) is 0 Å². The molecule has 6 heteroatoms. The van der Waals surface area contributed by atoms with E-state index in [0.29, 0.717) is 12.1 Å². The second-order valence-corrected chi connectivity index (χ2v) is 4.67. The van der Waals surface area contributed by atoms with Gasteiger partial charge in [-0.3, -0.25) is 0 Å². The van der Waals surface area contributed by atoms with E-state index in [9.17, 15) is 13.2 Å². The number of aryl methyl sites for hydroxylation is 1. The van der Waals surface area contributed by atoms with Crippen molar-refractivity contribution in [2.75, 3.05) is 0 Å². The van der Waals surface area contributed by atoms with Crippen LogP contribution < -0.4 is 5.73 Å². The molecule has 20 heavy (non-hydrogen) atoms. The fraction of sp³-hybridized carbons (Fsp3) is 0.357. The Kier molecular flexibility index (Phi) is 4.44. The van der Waals surface area contributed by atoms with E-state index in [0.717, 1.165) is 5.56 Å². The topological polar surface area (TPSA) is 43.8 Å². The smallest absolute Gasteiger partial charge is 0.333 e. The van der Waals surface area contributed by atoms with Crippen LogP contribution in [0.15, 0.2) is 42.9 Å². The van der Waals surface area contributed by atoms with Crippen molar-refractivity contribution >= 4 is 0 Å². The first-order chi connectivity index (χ1) is 9.46. The molecular formula is C14H16F3N3. The summed E-state index contributed by atoms with van der Waals surface area (Å²) in [6, 6.07) is 9.23. The van der Waals surface area contributed by atoms with Gasteiger partial charge in [0.25, 0.3) is 0 Å². The molecule has 0 saturated heterocycles. The van der Waals surface area contributed by atoms with Crippen LogP contribution in [0.4, 0.5) is 13.2 Å². The molecule has 0 unspecified atom stereocenters. The summed E-state index contributed by atoms with van der Waals surface area (Å²) in [4.78, 5) is 3.90. The van der Waals surface area contributed by atoms with E-state index in [1.165, 1.54) is 17.1 Å². The van der Waals surface area contributed by atoms with E-state index < -0.39 is 12.6 Å². The molecule has 0 bridgehead atoms. The minimum absolute atomic E-state index is 0.151. The third-order valence-corrected chi connectivity index (χ3v) is 3.06. The fourth-order valence-electron chi connectivity index (χ4n) is 2.05. The zero-order chi connectivity index (χ0) is 14.6. The number of halogens is 3. The van der Waals surface area contributed by atoms with Gasteiger partial charge in [0.05, 0.1) is 24.5 Å². The highest BCUT2D eigenvalue weighted by molar-refractivity contribution is 5.18. The highest BCUT2D eigenvalue weighted by Crippen LogP contribution is 2.22. The first-order valence-corrected chi connectivity index (χ1v) is 6.32. The molecule has 0 radical (unpaired) electrons. The van der Waals surface area contributed by atoms with Gasteiger partial charge in [-0.1, -0.05) is 30.3 Å². The summed E-state index contributed by atoms with van der Waals surface area (Å²) in [5, 5.41) is 0. The second kappa shape index (κ2) is 6.09. The number of rotatable bonds is 5. The molecule has 0 spiro atoms. The van der Waals surface area contributed by atoms with Crippen LogP contribution in [0.5, 0.6) is 0 Å². The Morgan fingerprint density at radius 3 is 2.55 bits per heavy atom. The molecule has 3 nitrogen and oxygen atoms in total. The maximum absolute atomic E-state index is 12.3. The van der Waals surface area contributed by atoms with Crippen LogP contribution in [0.3, 0.4) is 0 Å². The van der Waals surface area contributed by atoms with E-state index >= 15 is 0 Å². The largest absolute Gasteiger partial charge is 0.390 e. The molecule has 2 N–H and O–H groups in total. The molecular weight excluding hydrogens is 267 g/mol. The lowest BCUT2D eigenvalue weighted by Crippen LogP contribution is -2.19. The quantitative estimate of drug-likeness (QED) is 0.916. The van der Waals surface area contributed by atoms with Gasteiger partial charge in [0, 0.05) is 12.7 Å². The minimum Gasteiger partial charge on any atom is -0.333 e. The van der Waals surface area contributed by atoms with E-state index in [-0.39, 0.29) is 12.6 Å². The predicted octanol–water partition coefficient (Wildman–Crippen LogP) is 3.08. The molecule has 0 aliphatic rings. The lowest BCUT2D eigenvalue weighted by molar-refractivity contribution is -0.136. The highest BCUT2D eigenvalue weighted by Gasteiger charge is 2.27. The van der Waals surface area contributed by atoms with Gasteiger partial charge in [-0.25, -0.2) is 4.98 Å². The van der Waals surface area contributed by atoms with Crippen LogP contribution in [0.25, 0.3) is 0 Å². The number of imidazole rings is 1. The normalized spacial score (nSPS) is 13.4. The molecule has 108 valence electrons. The Morgan fingerprint density at radius 2 is 1.90 bits per heavy atom. The van der Waals surface area contributed by atoms with Crippen molar-refractivity contribution in [3.63, 3.8) is 0 Å². The number of benzene rings is 1. The summed E-state index contributed by atoms with van der Waals surface area (Å²) in [6.45, 7) is -0.151. The zero-order valence-electron chi connectivity index (χ0n) is 10.8. The Balaban J connectivity index is 2.03. The average molecular weight is 283 g/mol. The predicted molar refractivity (Wildman–Crippen MR) is 70.0 cm³/mol. The molecule has 0 aliphatic carbocycles. The molecule has 1 aromatic heterocycles. The molecule has 1 heterocycles. The van der Waals surface area contributed by atoms with E-state index in [1.54, 1.807) is 0 Å². The van der Waals surface area contributed by atoms with Crippen molar-refractivity contribution in [2.24, 2.45) is 5.73 Å². The monoisotopic (exact) mass is 283 g/mol. The van der Waals surface area contributed by atoms with Crippen molar-refractivity contribution in [1.29, 1.82) is 0 Å². The Bertz CT molecular complexity index is 534. The van der Waals surface area contributed by atoms with Crippen molar-refractivity contribution in [3.8, 4) is 0 Å². The van der Waals surface area contributed by atoms with Gasteiger partial charge >= 0.3 is 6.18 Å². The van der Waals surface area contributed by atoms with Crippen molar-refractivity contribution in [3.05, 3.63) is 54.1 Å². The van der Waals surface area contributed by atoms with E-state index in [2.05, 4.69) is 4.98 Å². The maximum Gasteiger partial charge on any atom is 0.390 e. The molecule has 2 aromatic rings. The molecule has 0 amide bonds. The summed E-state index contributed by atoms with van der Waals surface area (Å²) in [5.74, 6) is 0. The van der Waals surface area contributed by atoms with Gasteiger partial charge < -0.3 is 10.3 Å². The molecule has 0 saturated carbocycles. The van der Waals surface area contributed by atoms with Gasteiger partial charge in [0.15, 0.2) is 0 Å². The number of aromatic nitrogens is 2. The average Bonchev–Trinajstić information content (AvgIpc) is 2.85. The number of hydrogen-bond donors (Lipinski definition) is 1. The van der Waals surface area contributed by atoms with Gasteiger partial charge in [-0.15, -0.1) is 0 Å². The first kappa shape index (κ1) is 14.6. The number of alkyl halides is 3. The third kappa shape index (κ3) is 4.09. The van der Waals surface area contributed by atoms with Crippen molar-refractivity contribution in [1.82, 2.24) is 9.55 Å². The summed E-state index contributed by atoms with van der Waals surface area (Å²) in [6.07, 6.45) is -1.56. The highest BCUT2D eigenvalue weighted by atomic mass is 19.4. The third-order valence-electron chi connectivity index (χ3n) is 3.06. The van der Waals surface area contributed by atoms with Crippen LogP contribution in [-0.2, 0) is 13.0 Å². The molecule has 0 fully saturated rings. The van der Waals surface area contributed by atoms with Gasteiger partial charge in [-0.2, -0.15) is 13.2 Å². The van der Waals surface area contributed by atoms with Gasteiger partial charge in [0.1, 0.15) is 0 Å². The SMILES string of the molecule is N[C@H](Cc1ccccc1)c1cncn1CCC(F)(F)F. The maximum atomic E-state index is 12.3. The van der Waals surface area contributed by atoms with E-state index in [1.807, 2.05) is 30.3 Å². The van der Waals surface area contributed by atoms with Crippen LogP contribution in [0.1, 0.15) is 23.7 Å². The number of nitrogens with zero attached hydrogens (tertiary/aromatic N) is 2. The van der Waals surface area contributed by atoms with Gasteiger partial charge in [-0.05, 0) is 12.0 Å². The Morgan fingerprint density at radius 1 is 1.20 bits per heavy atom. The standard InChI is InChI=1S/C14H16F3N3/c15-14(16,17)6-7-20-10-19-9-13(20)12(18)8-11-4-2-1-3-5-11/h1-5,9-10,12H,6-8,18H2/t12-/m1/s1. The van der Waals surface area contributed by atoms with Gasteiger partial charge in [0.2, 0.25) is 0 Å². The minimum atomic E-state index is -4.18. The summed E-state index contributed by atoms with van der Waals surface area (Å²) in [5.41, 5.74) is 7.74. The molecule has 1 aromatic carbocycles. The lowest BCUT2D eigenvalue weighted by Gasteiger charge is -2.15. The first-order valence-electron chi connectivity index (χ1n) is 6.32. The number of hydrogen-bond acceptors (Lipinski definition) is 2. The van der Waals surface area contributed by atoms with Crippen molar-refractivity contribution < 1.29 is 13.2 Å². The Labute approximate surface area is 115 Å². The van der Waals surface area contributed by atoms with Crippen LogP contribution in [-0.4, -0.2) is 15.7 Å². The molecule has 2 rings (SSSR count). The van der Waals surface area contributed by atoms with Crippen LogP contribution in [0, 0.1) is 0 Å². The summed E-state index contributed by atoms with van der Waals surface area (Å²) in [7, 11) is 0. The lowest BCUT2D eigenvalue weighted by atomic mass is 10.0. The fourth-order valence-corrected chi connectivity index (χ4v) is 2.05. The molecule has 1 atom stereocenters. The Hall–Kier alpha value is -1.82. The zero-order valence-corrected chi connectivity index (χ0v) is 10.8. The van der Waals surface area contributed by atoms with Crippen LogP contribution >= 0.6 is 0 Å².